The number of benzene rings is 1. The summed E-state index contributed by atoms with van der Waals surface area (Å²) < 4.78 is 40.3. The molecule has 2 N–H and O–H groups in total. The van der Waals surface area contributed by atoms with Gasteiger partial charge in [-0.2, -0.15) is 0 Å². The molecular weight excluding hydrogens is 328 g/mol. The zero-order chi connectivity index (χ0) is 13.9. The minimum Gasteiger partial charge on any atom is -0.406 e. The summed E-state index contributed by atoms with van der Waals surface area (Å²) in [6.07, 6.45) is -1.53. The highest BCUT2D eigenvalue weighted by molar-refractivity contribution is 5.85. The molecule has 0 saturated heterocycles. The van der Waals surface area contributed by atoms with Gasteiger partial charge >= 0.3 is 6.36 Å². The van der Waals surface area contributed by atoms with Gasteiger partial charge in [0.15, 0.2) is 0 Å². The molecule has 0 fully saturated rings. The fourth-order valence-electron chi connectivity index (χ4n) is 1.63. The van der Waals surface area contributed by atoms with Crippen LogP contribution in [0.2, 0.25) is 0 Å². The van der Waals surface area contributed by atoms with Crippen molar-refractivity contribution in [3.63, 3.8) is 0 Å². The van der Waals surface area contributed by atoms with Crippen LogP contribution >= 0.6 is 24.8 Å². The van der Waals surface area contributed by atoms with E-state index in [2.05, 4.69) is 9.72 Å². The average Bonchev–Trinajstić information content (AvgIpc) is 2.37. The summed E-state index contributed by atoms with van der Waals surface area (Å²) in [5.74, 6) is -0.261. The third kappa shape index (κ3) is 5.79. The summed E-state index contributed by atoms with van der Waals surface area (Å²) in [6.45, 7) is 0.319. The molecule has 0 saturated carbocycles. The van der Waals surface area contributed by atoms with Gasteiger partial charge in [-0.15, -0.1) is 38.0 Å². The van der Waals surface area contributed by atoms with Crippen LogP contribution in [0.4, 0.5) is 13.2 Å². The highest BCUT2D eigenvalue weighted by Gasteiger charge is 2.31. The normalized spacial score (nSPS) is 10.3. The number of rotatable bonds is 3. The second-order valence-corrected chi connectivity index (χ2v) is 3.86. The van der Waals surface area contributed by atoms with E-state index in [9.17, 15) is 13.2 Å². The quantitative estimate of drug-likeness (QED) is 0.920. The van der Waals surface area contributed by atoms with Gasteiger partial charge in [-0.25, -0.2) is 0 Å². The Morgan fingerprint density at radius 2 is 1.76 bits per heavy atom. The Hall–Kier alpha value is -1.50. The molecule has 1 aromatic carbocycles. The maximum absolute atomic E-state index is 12.1. The van der Waals surface area contributed by atoms with Crippen molar-refractivity contribution in [1.29, 1.82) is 0 Å². The van der Waals surface area contributed by atoms with E-state index in [-0.39, 0.29) is 30.6 Å². The summed E-state index contributed by atoms with van der Waals surface area (Å²) in [5.41, 5.74) is 7.58. The fraction of sp³-hybridized carbons (Fsp3) is 0.154. The highest BCUT2D eigenvalue weighted by atomic mass is 35.5. The van der Waals surface area contributed by atoms with Crippen LogP contribution in [-0.2, 0) is 6.54 Å². The largest absolute Gasteiger partial charge is 0.573 e. The minimum atomic E-state index is -4.70. The first kappa shape index (κ1) is 19.5. The molecule has 0 unspecified atom stereocenters. The van der Waals surface area contributed by atoms with Crippen molar-refractivity contribution in [2.45, 2.75) is 12.9 Å². The number of nitrogens with two attached hydrogens (primary N) is 1. The van der Waals surface area contributed by atoms with Gasteiger partial charge < -0.3 is 10.5 Å². The summed E-state index contributed by atoms with van der Waals surface area (Å²) in [6, 6.07) is 7.51. The number of nitrogens with zero attached hydrogens (tertiary/aromatic N) is 1. The predicted molar refractivity (Wildman–Crippen MR) is 78.7 cm³/mol. The second-order valence-electron chi connectivity index (χ2n) is 3.86. The lowest BCUT2D eigenvalue weighted by Crippen LogP contribution is -2.17. The summed E-state index contributed by atoms with van der Waals surface area (Å²) in [7, 11) is 0. The van der Waals surface area contributed by atoms with Crippen molar-refractivity contribution >= 4 is 24.8 Å². The smallest absolute Gasteiger partial charge is 0.406 e. The van der Waals surface area contributed by atoms with Crippen LogP contribution < -0.4 is 10.5 Å². The number of halogens is 5. The van der Waals surface area contributed by atoms with E-state index in [1.165, 1.54) is 18.2 Å². The Bertz CT molecular complexity index is 579. The maximum Gasteiger partial charge on any atom is 0.573 e. The lowest BCUT2D eigenvalue weighted by atomic mass is 10.1. The van der Waals surface area contributed by atoms with Crippen LogP contribution in [0.15, 0.2) is 42.7 Å². The van der Waals surface area contributed by atoms with Crippen molar-refractivity contribution in [3.8, 4) is 16.9 Å². The van der Waals surface area contributed by atoms with Gasteiger partial charge in [0.05, 0.1) is 0 Å². The molecular formula is C13H13Cl2F3N2O. The first-order chi connectivity index (χ1) is 8.98. The highest BCUT2D eigenvalue weighted by Crippen LogP contribution is 2.27. The Labute approximate surface area is 132 Å². The van der Waals surface area contributed by atoms with Crippen molar-refractivity contribution < 1.29 is 17.9 Å². The number of hydrogen-bond donors (Lipinski definition) is 1. The zero-order valence-corrected chi connectivity index (χ0v) is 12.3. The molecule has 0 spiro atoms. The number of pyridine rings is 1. The van der Waals surface area contributed by atoms with Crippen molar-refractivity contribution in [2.24, 2.45) is 5.73 Å². The van der Waals surface area contributed by atoms with E-state index >= 15 is 0 Å². The molecule has 116 valence electrons. The second kappa shape index (κ2) is 8.07. The molecule has 3 nitrogen and oxygen atoms in total. The molecule has 0 aliphatic heterocycles. The molecule has 0 aliphatic rings. The van der Waals surface area contributed by atoms with Gasteiger partial charge in [-0.3, -0.25) is 4.98 Å². The number of alkyl halides is 3. The van der Waals surface area contributed by atoms with Crippen molar-refractivity contribution in [2.75, 3.05) is 0 Å². The molecule has 2 aromatic rings. The average molecular weight is 341 g/mol. The Morgan fingerprint density at radius 3 is 2.38 bits per heavy atom. The van der Waals surface area contributed by atoms with E-state index in [1.54, 1.807) is 24.5 Å². The standard InChI is InChI=1S/C13H11F3N2O.2ClH/c14-13(15,16)19-12-3-1-2-10(5-12)11-4-9(6-17)7-18-8-11;;/h1-5,7-8H,6,17H2;2*1H. The molecule has 0 bridgehead atoms. The Kier molecular flexibility index (Phi) is 7.49. The summed E-state index contributed by atoms with van der Waals surface area (Å²) >= 11 is 0. The molecule has 0 amide bonds. The molecule has 0 aliphatic carbocycles. The van der Waals surface area contributed by atoms with Crippen LogP contribution in [0.25, 0.3) is 11.1 Å². The molecule has 1 heterocycles. The SMILES string of the molecule is Cl.Cl.NCc1cncc(-c2cccc(OC(F)(F)F)c2)c1. The van der Waals surface area contributed by atoms with Gasteiger partial charge in [0.25, 0.3) is 0 Å². The monoisotopic (exact) mass is 340 g/mol. The topological polar surface area (TPSA) is 48.1 Å². The Morgan fingerprint density at radius 1 is 1.05 bits per heavy atom. The number of aromatic nitrogens is 1. The van der Waals surface area contributed by atoms with Crippen molar-refractivity contribution in [3.05, 3.63) is 48.3 Å². The molecule has 0 radical (unpaired) electrons. The maximum atomic E-state index is 12.1. The minimum absolute atomic E-state index is 0. The molecule has 21 heavy (non-hydrogen) atoms. The van der Waals surface area contributed by atoms with Gasteiger partial charge in [0.2, 0.25) is 0 Å². The van der Waals surface area contributed by atoms with E-state index < -0.39 is 6.36 Å². The van der Waals surface area contributed by atoms with Gasteiger partial charge in [-0.05, 0) is 29.3 Å². The van der Waals surface area contributed by atoms with E-state index in [4.69, 9.17) is 5.73 Å². The molecule has 8 heteroatoms. The first-order valence-electron chi connectivity index (χ1n) is 5.48. The van der Waals surface area contributed by atoms with Crippen LogP contribution in [0, 0.1) is 0 Å². The lowest BCUT2D eigenvalue weighted by molar-refractivity contribution is -0.274. The van der Waals surface area contributed by atoms with E-state index in [0.717, 1.165) is 5.56 Å². The third-order valence-electron chi connectivity index (χ3n) is 2.43. The van der Waals surface area contributed by atoms with Gasteiger partial charge in [0, 0.05) is 24.5 Å². The van der Waals surface area contributed by atoms with Gasteiger partial charge in [0.1, 0.15) is 5.75 Å². The third-order valence-corrected chi connectivity index (χ3v) is 2.43. The molecule has 0 atom stereocenters. The predicted octanol–water partition coefficient (Wildman–Crippen LogP) is 3.95. The first-order valence-corrected chi connectivity index (χ1v) is 5.48. The van der Waals surface area contributed by atoms with Crippen LogP contribution in [0.1, 0.15) is 5.56 Å². The molecule has 1 aromatic heterocycles. The zero-order valence-electron chi connectivity index (χ0n) is 10.6. The Balaban J connectivity index is 0.00000200. The fourth-order valence-corrected chi connectivity index (χ4v) is 1.63. The van der Waals surface area contributed by atoms with Crippen LogP contribution in [0.5, 0.6) is 5.75 Å². The van der Waals surface area contributed by atoms with Gasteiger partial charge in [-0.1, -0.05) is 12.1 Å². The van der Waals surface area contributed by atoms with Crippen molar-refractivity contribution in [1.82, 2.24) is 4.98 Å². The summed E-state index contributed by atoms with van der Waals surface area (Å²) in [5, 5.41) is 0. The van der Waals surface area contributed by atoms with Crippen LogP contribution in [0.3, 0.4) is 0 Å². The van der Waals surface area contributed by atoms with E-state index in [0.29, 0.717) is 17.7 Å². The van der Waals surface area contributed by atoms with E-state index in [1.807, 2.05) is 0 Å². The number of ether oxygens (including phenoxy) is 1. The summed E-state index contributed by atoms with van der Waals surface area (Å²) in [4.78, 5) is 3.99. The lowest BCUT2D eigenvalue weighted by Gasteiger charge is -2.10. The van der Waals surface area contributed by atoms with Crippen LogP contribution in [-0.4, -0.2) is 11.3 Å². The number of hydrogen-bond acceptors (Lipinski definition) is 3. The molecule has 2 rings (SSSR count).